The van der Waals surface area contributed by atoms with Gasteiger partial charge in [0.25, 0.3) is 0 Å². The molecular weight excluding hydrogens is 296 g/mol. The van der Waals surface area contributed by atoms with Crippen LogP contribution in [0.4, 0.5) is 0 Å². The van der Waals surface area contributed by atoms with Crippen molar-refractivity contribution in [3.63, 3.8) is 0 Å². The van der Waals surface area contributed by atoms with Crippen molar-refractivity contribution >= 4 is 0 Å². The van der Waals surface area contributed by atoms with E-state index < -0.39 is 0 Å². The lowest BCUT2D eigenvalue weighted by atomic mass is 9.66. The number of ether oxygens (including phenoxy) is 1. The highest BCUT2D eigenvalue weighted by molar-refractivity contribution is 5.47. The van der Waals surface area contributed by atoms with Gasteiger partial charge in [-0.25, -0.2) is 0 Å². The summed E-state index contributed by atoms with van der Waals surface area (Å²) in [5, 5.41) is 9.94. The average molecular weight is 322 g/mol. The van der Waals surface area contributed by atoms with Crippen LogP contribution in [-0.2, 0) is 5.60 Å². The Balaban J connectivity index is 1.91. The van der Waals surface area contributed by atoms with E-state index in [2.05, 4.69) is 45.0 Å². The smallest absolute Gasteiger partial charge is 0.140 e. The number of aryl methyl sites for hydroxylation is 1. The first-order valence-corrected chi connectivity index (χ1v) is 9.11. The molecule has 2 aromatic rings. The van der Waals surface area contributed by atoms with Gasteiger partial charge in [0.1, 0.15) is 17.1 Å². The average Bonchev–Trinajstić information content (AvgIpc) is 3.05. The van der Waals surface area contributed by atoms with E-state index >= 15 is 0 Å². The highest BCUT2D eigenvalue weighted by atomic mass is 16.5. The fourth-order valence-corrected chi connectivity index (χ4v) is 4.99. The summed E-state index contributed by atoms with van der Waals surface area (Å²) in [5.41, 5.74) is 3.49. The monoisotopic (exact) mass is 322 g/mol. The molecule has 1 heterocycles. The van der Waals surface area contributed by atoms with Crippen molar-refractivity contribution < 1.29 is 9.84 Å². The Morgan fingerprint density at radius 1 is 1.08 bits per heavy atom. The number of benzene rings is 2. The lowest BCUT2D eigenvalue weighted by Crippen LogP contribution is -2.49. The first-order chi connectivity index (χ1) is 11.5. The van der Waals surface area contributed by atoms with Crippen LogP contribution in [0.15, 0.2) is 42.5 Å². The van der Waals surface area contributed by atoms with Gasteiger partial charge in [0, 0.05) is 11.5 Å². The summed E-state index contributed by atoms with van der Waals surface area (Å²) in [6.45, 7) is 6.69. The molecule has 2 nitrogen and oxygen atoms in total. The molecular formula is C22H26O2. The summed E-state index contributed by atoms with van der Waals surface area (Å²) in [4.78, 5) is 0. The Hall–Kier alpha value is -1.96. The normalized spacial score (nSPS) is 28.3. The molecule has 0 amide bonds. The number of hydrogen-bond acceptors (Lipinski definition) is 2. The predicted octanol–water partition coefficient (Wildman–Crippen LogP) is 5.53. The van der Waals surface area contributed by atoms with Crippen LogP contribution < -0.4 is 4.74 Å². The van der Waals surface area contributed by atoms with Crippen molar-refractivity contribution in [1.29, 1.82) is 0 Å². The van der Waals surface area contributed by atoms with Crippen molar-refractivity contribution in [2.45, 2.75) is 51.6 Å². The van der Waals surface area contributed by atoms with Crippen molar-refractivity contribution in [3.05, 3.63) is 59.2 Å². The minimum Gasteiger partial charge on any atom is -0.508 e. The molecule has 126 valence electrons. The maximum atomic E-state index is 9.94. The lowest BCUT2D eigenvalue weighted by Gasteiger charge is -2.49. The maximum Gasteiger partial charge on any atom is 0.140 e. The minimum absolute atomic E-state index is 0.279. The van der Waals surface area contributed by atoms with Crippen LogP contribution in [0, 0.1) is 18.8 Å². The van der Waals surface area contributed by atoms with Crippen LogP contribution >= 0.6 is 0 Å². The molecule has 1 aliphatic heterocycles. The van der Waals surface area contributed by atoms with Crippen LogP contribution in [-0.4, -0.2) is 5.11 Å². The fourth-order valence-electron chi connectivity index (χ4n) is 4.99. The topological polar surface area (TPSA) is 29.5 Å². The summed E-state index contributed by atoms with van der Waals surface area (Å²) in [6.07, 6.45) is 3.60. The molecule has 0 bridgehead atoms. The van der Waals surface area contributed by atoms with E-state index in [-0.39, 0.29) is 5.60 Å². The van der Waals surface area contributed by atoms with Crippen molar-refractivity contribution in [2.24, 2.45) is 11.8 Å². The number of phenols is 1. The van der Waals surface area contributed by atoms with E-state index in [0.29, 0.717) is 23.5 Å². The van der Waals surface area contributed by atoms with Gasteiger partial charge in [0.05, 0.1) is 0 Å². The quantitative estimate of drug-likeness (QED) is 0.788. The summed E-state index contributed by atoms with van der Waals surface area (Å²) in [5.74, 6) is 2.62. The molecule has 0 saturated heterocycles. The Bertz CT molecular complexity index is 747. The third-order valence-corrected chi connectivity index (χ3v) is 6.10. The zero-order chi connectivity index (χ0) is 16.9. The molecule has 1 fully saturated rings. The molecule has 24 heavy (non-hydrogen) atoms. The summed E-state index contributed by atoms with van der Waals surface area (Å²) in [7, 11) is 0. The van der Waals surface area contributed by atoms with Crippen LogP contribution in [0.3, 0.4) is 0 Å². The van der Waals surface area contributed by atoms with Crippen molar-refractivity contribution in [1.82, 2.24) is 0 Å². The summed E-state index contributed by atoms with van der Waals surface area (Å²) < 4.78 is 6.76. The van der Waals surface area contributed by atoms with Crippen LogP contribution in [0.2, 0.25) is 0 Å². The van der Waals surface area contributed by atoms with E-state index in [0.717, 1.165) is 5.75 Å². The highest BCUT2D eigenvalue weighted by Crippen LogP contribution is 2.59. The molecule has 0 unspecified atom stereocenters. The van der Waals surface area contributed by atoms with E-state index in [4.69, 9.17) is 4.74 Å². The highest BCUT2D eigenvalue weighted by Gasteiger charge is 2.54. The Labute approximate surface area is 144 Å². The molecule has 0 radical (unpaired) electrons. The van der Waals surface area contributed by atoms with Crippen molar-refractivity contribution in [3.8, 4) is 11.5 Å². The first-order valence-electron chi connectivity index (χ1n) is 9.11. The zero-order valence-electron chi connectivity index (χ0n) is 14.8. The van der Waals surface area contributed by atoms with E-state index in [1.807, 2.05) is 12.1 Å². The number of rotatable bonds is 2. The second kappa shape index (κ2) is 5.54. The second-order valence-corrected chi connectivity index (χ2v) is 7.78. The lowest BCUT2D eigenvalue weighted by molar-refractivity contribution is -0.0586. The van der Waals surface area contributed by atoms with Gasteiger partial charge in [-0.05, 0) is 55.4 Å². The van der Waals surface area contributed by atoms with Crippen LogP contribution in [0.5, 0.6) is 11.5 Å². The zero-order valence-corrected chi connectivity index (χ0v) is 14.8. The second-order valence-electron chi connectivity index (χ2n) is 7.78. The number of hydrogen-bond donors (Lipinski definition) is 1. The van der Waals surface area contributed by atoms with E-state index in [9.17, 15) is 5.11 Å². The third kappa shape index (κ3) is 2.16. The third-order valence-electron chi connectivity index (χ3n) is 6.10. The summed E-state index contributed by atoms with van der Waals surface area (Å²) >= 11 is 0. The van der Waals surface area contributed by atoms with Crippen LogP contribution in [0.25, 0.3) is 0 Å². The molecule has 0 spiro atoms. The van der Waals surface area contributed by atoms with Gasteiger partial charge < -0.3 is 9.84 Å². The molecule has 2 aromatic carbocycles. The molecule has 2 aliphatic rings. The van der Waals surface area contributed by atoms with Crippen molar-refractivity contribution in [2.75, 3.05) is 0 Å². The molecule has 1 N–H and O–H groups in total. The molecule has 1 saturated carbocycles. The molecule has 1 aliphatic carbocycles. The standard InChI is InChI=1S/C22H26O2/c1-14(2)22(16-9-7-15(3)8-10-16)20-6-4-5-18(20)19-13-17(23)11-12-21(19)24-22/h7-14,18,20,23H,4-6H2,1-3H3/t18-,20-,22+/m0/s1. The van der Waals surface area contributed by atoms with Gasteiger partial charge in [-0.15, -0.1) is 0 Å². The Morgan fingerprint density at radius 3 is 2.54 bits per heavy atom. The molecule has 4 rings (SSSR count). The molecule has 3 atom stereocenters. The minimum atomic E-state index is -0.279. The predicted molar refractivity (Wildman–Crippen MR) is 96.5 cm³/mol. The molecule has 2 heteroatoms. The Morgan fingerprint density at radius 2 is 1.83 bits per heavy atom. The van der Waals surface area contributed by atoms with Gasteiger partial charge in [0.2, 0.25) is 0 Å². The summed E-state index contributed by atoms with van der Waals surface area (Å²) in [6, 6.07) is 14.5. The van der Waals surface area contributed by atoms with Gasteiger partial charge in [-0.1, -0.05) is 50.1 Å². The first kappa shape index (κ1) is 15.6. The number of aromatic hydroxyl groups is 1. The fraction of sp³-hybridized carbons (Fsp3) is 0.455. The van der Waals surface area contributed by atoms with E-state index in [1.54, 1.807) is 6.07 Å². The van der Waals surface area contributed by atoms with Gasteiger partial charge in [0.15, 0.2) is 0 Å². The van der Waals surface area contributed by atoms with Gasteiger partial charge >= 0.3 is 0 Å². The largest absolute Gasteiger partial charge is 0.508 e. The maximum absolute atomic E-state index is 9.94. The number of phenolic OH excluding ortho intramolecular Hbond substituents is 1. The SMILES string of the molecule is Cc1ccc([C@@]2(C(C)C)Oc3ccc(O)cc3[C@@H]3CCC[C@@H]32)cc1. The Kier molecular flexibility index (Phi) is 3.59. The molecule has 0 aromatic heterocycles. The van der Waals surface area contributed by atoms with E-state index in [1.165, 1.54) is 36.0 Å². The van der Waals surface area contributed by atoms with Crippen LogP contribution in [0.1, 0.15) is 55.7 Å². The van der Waals surface area contributed by atoms with Gasteiger partial charge in [-0.2, -0.15) is 0 Å². The number of fused-ring (bicyclic) bond motifs is 3. The van der Waals surface area contributed by atoms with Gasteiger partial charge in [-0.3, -0.25) is 0 Å².